The fourth-order valence-corrected chi connectivity index (χ4v) is 5.70. The molecule has 0 spiro atoms. The van der Waals surface area contributed by atoms with Crippen molar-refractivity contribution in [1.29, 1.82) is 0 Å². The molecule has 0 bridgehead atoms. The normalized spacial score (nSPS) is 20.4. The van der Waals surface area contributed by atoms with Gasteiger partial charge in [0.2, 0.25) is 5.91 Å². The zero-order valence-electron chi connectivity index (χ0n) is 20.8. The number of halogens is 1. The molecule has 1 aromatic carbocycles. The minimum absolute atomic E-state index is 0.0636. The van der Waals surface area contributed by atoms with Crippen molar-refractivity contribution in [1.82, 2.24) is 9.88 Å². The van der Waals surface area contributed by atoms with Gasteiger partial charge in [0, 0.05) is 10.4 Å². The van der Waals surface area contributed by atoms with Crippen LogP contribution in [0.5, 0.6) is 0 Å². The predicted molar refractivity (Wildman–Crippen MR) is 139 cm³/mol. The van der Waals surface area contributed by atoms with E-state index in [1.165, 1.54) is 16.2 Å². The molecule has 1 saturated heterocycles. The Morgan fingerprint density at radius 3 is 2.53 bits per heavy atom. The van der Waals surface area contributed by atoms with Gasteiger partial charge in [-0.05, 0) is 43.6 Å². The fourth-order valence-electron chi connectivity index (χ4n) is 3.55. The van der Waals surface area contributed by atoms with Gasteiger partial charge in [0.1, 0.15) is 6.10 Å². The number of cyclic esters (lactones) is 1. The van der Waals surface area contributed by atoms with E-state index < -0.39 is 32.7 Å². The molecule has 184 valence electrons. The van der Waals surface area contributed by atoms with Crippen molar-refractivity contribution in [2.24, 2.45) is 0 Å². The zero-order chi connectivity index (χ0) is 25.3. The van der Waals surface area contributed by atoms with Gasteiger partial charge < -0.3 is 9.16 Å². The Bertz CT molecular complexity index is 1060. The second-order valence-electron chi connectivity index (χ2n) is 10.1. The largest absolute Gasteiger partial charge is 0.439 e. The lowest BCUT2D eigenvalue weighted by Gasteiger charge is -2.39. The Hall–Kier alpha value is -2.00. The van der Waals surface area contributed by atoms with E-state index in [1.807, 2.05) is 49.6 Å². The van der Waals surface area contributed by atoms with E-state index >= 15 is 0 Å². The summed E-state index contributed by atoms with van der Waals surface area (Å²) in [5.41, 5.74) is 1.58. The van der Waals surface area contributed by atoms with Crippen molar-refractivity contribution < 1.29 is 18.8 Å². The van der Waals surface area contributed by atoms with Gasteiger partial charge in [-0.25, -0.2) is 14.7 Å². The van der Waals surface area contributed by atoms with E-state index in [0.29, 0.717) is 5.03 Å². The van der Waals surface area contributed by atoms with Gasteiger partial charge in [-0.15, -0.1) is 11.3 Å². The Balaban J connectivity index is 1.85. The Labute approximate surface area is 212 Å². The third-order valence-corrected chi connectivity index (χ3v) is 12.1. The maximum atomic E-state index is 13.4. The highest BCUT2D eigenvalue weighted by molar-refractivity contribution is 7.09. The Kier molecular flexibility index (Phi) is 8.07. The smallest absolute Gasteiger partial charge is 0.417 e. The van der Waals surface area contributed by atoms with Crippen molar-refractivity contribution in [2.45, 2.75) is 77.4 Å². The number of imide groups is 1. The van der Waals surface area contributed by atoms with Gasteiger partial charge >= 0.3 is 6.09 Å². The number of aryl methyl sites for hydroxylation is 1. The summed E-state index contributed by atoms with van der Waals surface area (Å²) in [6.07, 6.45) is -0.164. The minimum atomic E-state index is -2.28. The molecule has 1 fully saturated rings. The van der Waals surface area contributed by atoms with Crippen molar-refractivity contribution >= 4 is 49.3 Å². The molecule has 3 rings (SSSR count). The van der Waals surface area contributed by atoms with Crippen LogP contribution in [0.4, 0.5) is 4.79 Å². The molecule has 0 saturated carbocycles. The average Bonchev–Trinajstić information content (AvgIpc) is 3.28. The summed E-state index contributed by atoms with van der Waals surface area (Å²) >= 11 is 8.26. The summed E-state index contributed by atoms with van der Waals surface area (Å²) in [5.74, 6) is -0.374. The highest BCUT2D eigenvalue weighted by Gasteiger charge is 2.45. The number of amides is 2. The molecule has 6 nitrogen and oxygen atoms in total. The van der Waals surface area contributed by atoms with Crippen LogP contribution >= 0.6 is 22.9 Å². The molecular formula is C25H33ClN2O4SSi. The van der Waals surface area contributed by atoms with E-state index in [0.717, 1.165) is 16.3 Å². The molecule has 0 aliphatic carbocycles. The number of hydrogen-bond acceptors (Lipinski definition) is 6. The molecule has 34 heavy (non-hydrogen) atoms. The van der Waals surface area contributed by atoms with E-state index in [1.54, 1.807) is 6.08 Å². The molecule has 3 atom stereocenters. The number of hydrogen-bond donors (Lipinski definition) is 0. The lowest BCUT2D eigenvalue weighted by atomic mass is 10.0. The molecule has 1 aromatic heterocycles. The van der Waals surface area contributed by atoms with Gasteiger partial charge in [0.15, 0.2) is 8.32 Å². The molecule has 2 heterocycles. The van der Waals surface area contributed by atoms with Crippen molar-refractivity contribution in [3.63, 3.8) is 0 Å². The molecule has 0 unspecified atom stereocenters. The molecular weight excluding hydrogens is 488 g/mol. The first kappa shape index (κ1) is 26.6. The van der Waals surface area contributed by atoms with Gasteiger partial charge in [0.05, 0.1) is 29.3 Å². The molecule has 2 amide bonds. The van der Waals surface area contributed by atoms with Crippen LogP contribution in [0.25, 0.3) is 6.08 Å². The van der Waals surface area contributed by atoms with Crippen LogP contribution in [-0.4, -0.2) is 42.3 Å². The standard InChI is InChI=1S/C25H33ClN2O4SSi/c1-16-23(18-11-9-8-10-12-18)31-24(30)28(16)22(29)14-21(32-34(6,7)25(3,4)5)20(26)13-19-15-33-17(2)27-19/h8-13,15-16,21,23H,14H2,1-7H3/t16-,21-,23-/m0/s1. The number of carbonyl (C=O) groups excluding carboxylic acids is 2. The summed E-state index contributed by atoms with van der Waals surface area (Å²) in [6, 6.07) is 9.00. The first-order chi connectivity index (χ1) is 15.8. The van der Waals surface area contributed by atoms with Crippen LogP contribution in [0.3, 0.4) is 0 Å². The van der Waals surface area contributed by atoms with Crippen molar-refractivity contribution in [3.05, 3.63) is 57.0 Å². The van der Waals surface area contributed by atoms with Crippen LogP contribution < -0.4 is 0 Å². The van der Waals surface area contributed by atoms with Crippen LogP contribution in [0.1, 0.15) is 56.5 Å². The van der Waals surface area contributed by atoms with E-state index in [4.69, 9.17) is 20.8 Å². The average molecular weight is 521 g/mol. The third kappa shape index (κ3) is 5.97. The minimum Gasteiger partial charge on any atom is -0.439 e. The first-order valence-corrected chi connectivity index (χ1v) is 15.5. The van der Waals surface area contributed by atoms with E-state index in [-0.39, 0.29) is 17.4 Å². The molecule has 0 radical (unpaired) electrons. The second-order valence-corrected chi connectivity index (χ2v) is 16.4. The Morgan fingerprint density at radius 1 is 1.32 bits per heavy atom. The summed E-state index contributed by atoms with van der Waals surface area (Å²) in [7, 11) is -2.28. The van der Waals surface area contributed by atoms with Gasteiger partial charge in [0.25, 0.3) is 0 Å². The lowest BCUT2D eigenvalue weighted by molar-refractivity contribution is -0.130. The topological polar surface area (TPSA) is 68.7 Å². The maximum Gasteiger partial charge on any atom is 0.417 e. The fraction of sp³-hybridized carbons (Fsp3) is 0.480. The summed E-state index contributed by atoms with van der Waals surface area (Å²) in [4.78, 5) is 31.7. The lowest BCUT2D eigenvalue weighted by Crippen LogP contribution is -2.46. The van der Waals surface area contributed by atoms with Crippen molar-refractivity contribution in [3.8, 4) is 0 Å². The SMILES string of the molecule is Cc1nc(C=C(Cl)[C@H](CC(=O)N2C(=O)O[C@H](c3ccccc3)[C@@H]2C)O[Si](C)(C)C(C)(C)C)cs1. The summed E-state index contributed by atoms with van der Waals surface area (Å²) in [5, 5.41) is 3.14. The van der Waals surface area contributed by atoms with Crippen molar-refractivity contribution in [2.75, 3.05) is 0 Å². The maximum absolute atomic E-state index is 13.4. The molecule has 1 aliphatic heterocycles. The number of ether oxygens (including phenoxy) is 1. The zero-order valence-corrected chi connectivity index (χ0v) is 23.4. The number of thiazole rings is 1. The third-order valence-electron chi connectivity index (χ3n) is 6.50. The number of benzene rings is 1. The molecule has 9 heteroatoms. The number of rotatable bonds is 7. The number of carbonyl (C=O) groups is 2. The number of aromatic nitrogens is 1. The Morgan fingerprint density at radius 2 is 1.97 bits per heavy atom. The van der Waals surface area contributed by atoms with Gasteiger partial charge in [-0.1, -0.05) is 62.7 Å². The van der Waals surface area contributed by atoms with E-state index in [9.17, 15) is 9.59 Å². The molecule has 2 aromatic rings. The highest BCUT2D eigenvalue weighted by atomic mass is 35.5. The second kappa shape index (κ2) is 10.3. The quantitative estimate of drug-likeness (QED) is 0.370. The van der Waals surface area contributed by atoms with Gasteiger partial charge in [-0.3, -0.25) is 4.79 Å². The predicted octanol–water partition coefficient (Wildman–Crippen LogP) is 6.92. The van der Waals surface area contributed by atoms with Crippen LogP contribution in [0.15, 0.2) is 40.7 Å². The monoisotopic (exact) mass is 520 g/mol. The first-order valence-electron chi connectivity index (χ1n) is 11.3. The highest BCUT2D eigenvalue weighted by Crippen LogP contribution is 2.40. The molecule has 0 N–H and O–H groups in total. The van der Waals surface area contributed by atoms with Crippen LogP contribution in [0, 0.1) is 6.92 Å². The van der Waals surface area contributed by atoms with Crippen LogP contribution in [0.2, 0.25) is 18.1 Å². The summed E-state index contributed by atoms with van der Waals surface area (Å²) in [6.45, 7) is 14.4. The molecule has 1 aliphatic rings. The van der Waals surface area contributed by atoms with E-state index in [2.05, 4.69) is 38.8 Å². The van der Waals surface area contributed by atoms with Gasteiger partial charge in [-0.2, -0.15) is 0 Å². The summed E-state index contributed by atoms with van der Waals surface area (Å²) < 4.78 is 12.1. The number of nitrogens with zero attached hydrogens (tertiary/aromatic N) is 2. The van der Waals surface area contributed by atoms with Crippen LogP contribution in [-0.2, 0) is 14.0 Å².